The molecule has 1 rings (SSSR count). The largest absolute Gasteiger partial charge is 0.376 e. The molecule has 19 heavy (non-hydrogen) atoms. The van der Waals surface area contributed by atoms with E-state index in [-0.39, 0.29) is 5.91 Å². The number of amides is 1. The number of anilines is 2. The molecule has 0 atom stereocenters. The lowest BCUT2D eigenvalue weighted by molar-refractivity contribution is -0.117. The van der Waals surface area contributed by atoms with E-state index < -0.39 is 0 Å². The van der Waals surface area contributed by atoms with Crippen molar-refractivity contribution >= 4 is 28.9 Å². The quantitative estimate of drug-likeness (QED) is 0.872. The van der Waals surface area contributed by atoms with Crippen molar-refractivity contribution in [1.82, 2.24) is 4.90 Å². The van der Waals surface area contributed by atoms with Crippen LogP contribution >= 0.6 is 11.6 Å². The van der Waals surface area contributed by atoms with Gasteiger partial charge in [-0.3, -0.25) is 9.69 Å². The van der Waals surface area contributed by atoms with E-state index in [1.54, 1.807) is 6.07 Å². The maximum Gasteiger partial charge on any atom is 0.238 e. The summed E-state index contributed by atoms with van der Waals surface area (Å²) in [6.45, 7) is 6.20. The van der Waals surface area contributed by atoms with Gasteiger partial charge >= 0.3 is 0 Å². The summed E-state index contributed by atoms with van der Waals surface area (Å²) in [6, 6.07) is 5.49. The molecule has 4 nitrogen and oxygen atoms in total. The molecule has 0 aliphatic carbocycles. The molecule has 1 amide bonds. The van der Waals surface area contributed by atoms with E-state index in [0.717, 1.165) is 24.5 Å². The third-order valence-corrected chi connectivity index (χ3v) is 3.21. The van der Waals surface area contributed by atoms with Crippen molar-refractivity contribution in [2.24, 2.45) is 0 Å². The van der Waals surface area contributed by atoms with Crippen LogP contribution in [0.25, 0.3) is 0 Å². The van der Waals surface area contributed by atoms with E-state index in [0.29, 0.717) is 11.6 Å². The number of rotatable bonds is 6. The number of nitrogens with zero attached hydrogens (tertiary/aromatic N) is 2. The van der Waals surface area contributed by atoms with E-state index in [1.807, 2.05) is 45.0 Å². The van der Waals surface area contributed by atoms with E-state index in [4.69, 9.17) is 11.6 Å². The normalized spacial score (nSPS) is 10.6. The molecule has 0 unspecified atom stereocenters. The Kier molecular flexibility index (Phi) is 6.12. The number of carbonyl (C=O) groups is 1. The molecule has 106 valence electrons. The number of nitrogens with one attached hydrogen (secondary N) is 1. The second-order valence-corrected chi connectivity index (χ2v) is 5.00. The van der Waals surface area contributed by atoms with Gasteiger partial charge < -0.3 is 10.2 Å². The lowest BCUT2D eigenvalue weighted by atomic mass is 10.2. The van der Waals surface area contributed by atoms with Gasteiger partial charge in [-0.2, -0.15) is 0 Å². The van der Waals surface area contributed by atoms with Crippen LogP contribution in [0, 0.1) is 0 Å². The third kappa shape index (κ3) is 4.73. The Morgan fingerprint density at radius 1 is 1.26 bits per heavy atom. The minimum Gasteiger partial charge on any atom is -0.376 e. The molecule has 0 bridgehead atoms. The molecular formula is C14H22ClN3O. The molecule has 0 saturated carbocycles. The fourth-order valence-corrected chi connectivity index (χ4v) is 2.01. The molecule has 0 fully saturated rings. The molecule has 0 radical (unpaired) electrons. The standard InChI is InChI=1S/C14H22ClN3O/c1-5-18(6-2)10-14(19)16-12-9-11(15)7-8-13(12)17(3)4/h7-9H,5-6,10H2,1-4H3,(H,16,19). The lowest BCUT2D eigenvalue weighted by Crippen LogP contribution is -2.33. The highest BCUT2D eigenvalue weighted by molar-refractivity contribution is 6.31. The lowest BCUT2D eigenvalue weighted by Gasteiger charge is -2.20. The van der Waals surface area contributed by atoms with E-state index >= 15 is 0 Å². The SMILES string of the molecule is CCN(CC)CC(=O)Nc1cc(Cl)ccc1N(C)C. The Morgan fingerprint density at radius 2 is 1.89 bits per heavy atom. The second-order valence-electron chi connectivity index (χ2n) is 4.57. The number of carbonyl (C=O) groups excluding carboxylic acids is 1. The highest BCUT2D eigenvalue weighted by Crippen LogP contribution is 2.27. The van der Waals surface area contributed by atoms with Gasteiger partial charge in [-0.25, -0.2) is 0 Å². The molecule has 0 spiro atoms. The van der Waals surface area contributed by atoms with Crippen molar-refractivity contribution in [3.05, 3.63) is 23.2 Å². The number of benzene rings is 1. The van der Waals surface area contributed by atoms with Crippen LogP contribution in [0.4, 0.5) is 11.4 Å². The van der Waals surface area contributed by atoms with Crippen LogP contribution in [0.3, 0.4) is 0 Å². The van der Waals surface area contributed by atoms with Crippen molar-refractivity contribution < 1.29 is 4.79 Å². The minimum absolute atomic E-state index is 0.0194. The Morgan fingerprint density at radius 3 is 2.42 bits per heavy atom. The van der Waals surface area contributed by atoms with Crippen LogP contribution in [0.15, 0.2) is 18.2 Å². The van der Waals surface area contributed by atoms with Gasteiger partial charge in [-0.1, -0.05) is 25.4 Å². The van der Waals surface area contributed by atoms with Crippen LogP contribution in [0.5, 0.6) is 0 Å². The second kappa shape index (κ2) is 7.36. The predicted octanol–water partition coefficient (Wildman–Crippen LogP) is 2.69. The summed E-state index contributed by atoms with van der Waals surface area (Å²) in [4.78, 5) is 16.0. The summed E-state index contributed by atoms with van der Waals surface area (Å²) in [5, 5.41) is 3.54. The van der Waals surface area contributed by atoms with Crippen molar-refractivity contribution in [3.63, 3.8) is 0 Å². The Balaban J connectivity index is 2.80. The Bertz CT molecular complexity index is 431. The van der Waals surface area contributed by atoms with E-state index in [9.17, 15) is 4.79 Å². The number of likely N-dealkylation sites (N-methyl/N-ethyl adjacent to an activating group) is 1. The van der Waals surface area contributed by atoms with Gasteiger partial charge in [0.25, 0.3) is 0 Å². The monoisotopic (exact) mass is 283 g/mol. The molecule has 1 aromatic carbocycles. The van der Waals surface area contributed by atoms with Gasteiger partial charge in [0.2, 0.25) is 5.91 Å². The first kappa shape index (κ1) is 15.8. The van der Waals surface area contributed by atoms with Crippen LogP contribution in [-0.2, 0) is 4.79 Å². The Hall–Kier alpha value is -1.26. The first-order valence-corrected chi connectivity index (χ1v) is 6.84. The molecule has 0 heterocycles. The first-order valence-electron chi connectivity index (χ1n) is 6.47. The Labute approximate surface area is 120 Å². The molecule has 0 aliphatic rings. The summed E-state index contributed by atoms with van der Waals surface area (Å²) in [7, 11) is 3.87. The summed E-state index contributed by atoms with van der Waals surface area (Å²) >= 11 is 5.99. The van der Waals surface area contributed by atoms with Crippen molar-refractivity contribution in [2.75, 3.05) is 43.9 Å². The van der Waals surface area contributed by atoms with Gasteiger partial charge in [-0.05, 0) is 31.3 Å². The molecule has 1 N–H and O–H groups in total. The maximum absolute atomic E-state index is 12.0. The zero-order valence-electron chi connectivity index (χ0n) is 12.0. The third-order valence-electron chi connectivity index (χ3n) is 2.98. The van der Waals surface area contributed by atoms with Crippen molar-refractivity contribution in [3.8, 4) is 0 Å². The summed E-state index contributed by atoms with van der Waals surface area (Å²) < 4.78 is 0. The number of hydrogen-bond donors (Lipinski definition) is 1. The van der Waals surface area contributed by atoms with Crippen LogP contribution < -0.4 is 10.2 Å². The van der Waals surface area contributed by atoms with Gasteiger partial charge in [0, 0.05) is 19.1 Å². The van der Waals surface area contributed by atoms with Gasteiger partial charge in [0.15, 0.2) is 0 Å². The summed E-state index contributed by atoms with van der Waals surface area (Å²) in [5.74, 6) is -0.0194. The topological polar surface area (TPSA) is 35.6 Å². The first-order chi connectivity index (χ1) is 8.97. The van der Waals surface area contributed by atoms with E-state index in [2.05, 4.69) is 10.2 Å². The summed E-state index contributed by atoms with van der Waals surface area (Å²) in [5.41, 5.74) is 1.69. The maximum atomic E-state index is 12.0. The van der Waals surface area contributed by atoms with Gasteiger partial charge in [-0.15, -0.1) is 0 Å². The van der Waals surface area contributed by atoms with Gasteiger partial charge in [0.05, 0.1) is 17.9 Å². The average molecular weight is 284 g/mol. The number of hydrogen-bond acceptors (Lipinski definition) is 3. The van der Waals surface area contributed by atoms with Crippen LogP contribution in [0.2, 0.25) is 5.02 Å². The molecular weight excluding hydrogens is 262 g/mol. The molecule has 0 aliphatic heterocycles. The smallest absolute Gasteiger partial charge is 0.238 e. The number of halogens is 1. The molecule has 5 heteroatoms. The van der Waals surface area contributed by atoms with Crippen LogP contribution in [-0.4, -0.2) is 44.5 Å². The fraction of sp³-hybridized carbons (Fsp3) is 0.500. The average Bonchev–Trinajstić information content (AvgIpc) is 2.35. The fourth-order valence-electron chi connectivity index (χ4n) is 1.84. The van der Waals surface area contributed by atoms with E-state index in [1.165, 1.54) is 0 Å². The summed E-state index contributed by atoms with van der Waals surface area (Å²) in [6.07, 6.45) is 0. The zero-order valence-corrected chi connectivity index (χ0v) is 12.8. The van der Waals surface area contributed by atoms with Crippen molar-refractivity contribution in [1.29, 1.82) is 0 Å². The molecule has 1 aromatic rings. The van der Waals surface area contributed by atoms with Crippen LogP contribution in [0.1, 0.15) is 13.8 Å². The predicted molar refractivity (Wildman–Crippen MR) is 82.2 cm³/mol. The van der Waals surface area contributed by atoms with Gasteiger partial charge in [0.1, 0.15) is 0 Å². The molecule has 0 aromatic heterocycles. The minimum atomic E-state index is -0.0194. The molecule has 0 saturated heterocycles. The highest BCUT2D eigenvalue weighted by atomic mass is 35.5. The zero-order chi connectivity index (χ0) is 14.4. The highest BCUT2D eigenvalue weighted by Gasteiger charge is 2.11. The van der Waals surface area contributed by atoms with Crippen molar-refractivity contribution in [2.45, 2.75) is 13.8 Å².